The summed E-state index contributed by atoms with van der Waals surface area (Å²) in [6.45, 7) is 0.727. The molecule has 2 aromatic rings. The van der Waals surface area contributed by atoms with Gasteiger partial charge in [0.2, 0.25) is 0 Å². The van der Waals surface area contributed by atoms with Gasteiger partial charge in [0.05, 0.1) is 5.56 Å². The highest BCUT2D eigenvalue weighted by Gasteiger charge is 2.01. The van der Waals surface area contributed by atoms with Gasteiger partial charge in [0, 0.05) is 12.7 Å². The zero-order valence-corrected chi connectivity index (χ0v) is 9.71. The Morgan fingerprint density at radius 3 is 2.61 bits per heavy atom. The van der Waals surface area contributed by atoms with E-state index in [1.165, 1.54) is 0 Å². The predicted octanol–water partition coefficient (Wildman–Crippen LogP) is 1.83. The average molecular weight is 243 g/mol. The fourth-order valence-corrected chi connectivity index (χ4v) is 1.54. The summed E-state index contributed by atoms with van der Waals surface area (Å²) in [6.07, 6.45) is 2.42. The van der Waals surface area contributed by atoms with Crippen LogP contribution in [0.3, 0.4) is 0 Å². The number of aromatic nitrogens is 2. The fraction of sp³-hybridized carbons (Fsp3) is 0.154. The first-order valence-corrected chi connectivity index (χ1v) is 5.59. The van der Waals surface area contributed by atoms with E-state index < -0.39 is 5.97 Å². The Balaban J connectivity index is 1.85. The summed E-state index contributed by atoms with van der Waals surface area (Å²) in [5.74, 6) is -0.168. The van der Waals surface area contributed by atoms with Crippen molar-refractivity contribution < 1.29 is 9.90 Å². The summed E-state index contributed by atoms with van der Waals surface area (Å²) in [6, 6.07) is 10.5. The van der Waals surface area contributed by atoms with E-state index in [9.17, 15) is 4.79 Å². The van der Waals surface area contributed by atoms with E-state index in [0.717, 1.165) is 24.3 Å². The van der Waals surface area contributed by atoms with Gasteiger partial charge in [-0.2, -0.15) is 5.10 Å². The van der Waals surface area contributed by atoms with E-state index in [0.29, 0.717) is 5.56 Å². The SMILES string of the molecule is O=C(O)c1ccc(CCNc2cccnn2)cc1. The second-order valence-electron chi connectivity index (χ2n) is 3.79. The minimum Gasteiger partial charge on any atom is -0.478 e. The summed E-state index contributed by atoms with van der Waals surface area (Å²) in [7, 11) is 0. The van der Waals surface area contributed by atoms with E-state index in [1.54, 1.807) is 18.3 Å². The summed E-state index contributed by atoms with van der Waals surface area (Å²) in [5.41, 5.74) is 1.39. The summed E-state index contributed by atoms with van der Waals surface area (Å²) >= 11 is 0. The van der Waals surface area contributed by atoms with E-state index in [2.05, 4.69) is 15.5 Å². The largest absolute Gasteiger partial charge is 0.478 e. The van der Waals surface area contributed by atoms with Gasteiger partial charge in [0.15, 0.2) is 0 Å². The average Bonchev–Trinajstić information content (AvgIpc) is 2.40. The number of benzene rings is 1. The summed E-state index contributed by atoms with van der Waals surface area (Å²) < 4.78 is 0. The van der Waals surface area contributed by atoms with Gasteiger partial charge in [0.1, 0.15) is 5.82 Å². The molecule has 2 N–H and O–H groups in total. The molecule has 0 radical (unpaired) electrons. The topological polar surface area (TPSA) is 75.1 Å². The quantitative estimate of drug-likeness (QED) is 0.838. The van der Waals surface area contributed by atoms with E-state index >= 15 is 0 Å². The Morgan fingerprint density at radius 1 is 1.22 bits per heavy atom. The number of carboxylic acids is 1. The number of hydrogen-bond donors (Lipinski definition) is 2. The number of aromatic carboxylic acids is 1. The maximum Gasteiger partial charge on any atom is 0.335 e. The monoisotopic (exact) mass is 243 g/mol. The maximum atomic E-state index is 10.7. The number of nitrogens with one attached hydrogen (secondary N) is 1. The molecule has 0 aliphatic heterocycles. The van der Waals surface area contributed by atoms with Gasteiger partial charge in [-0.3, -0.25) is 0 Å². The molecule has 2 rings (SSSR count). The van der Waals surface area contributed by atoms with Crippen molar-refractivity contribution in [3.05, 3.63) is 53.7 Å². The van der Waals surface area contributed by atoms with Crippen molar-refractivity contribution in [3.63, 3.8) is 0 Å². The van der Waals surface area contributed by atoms with Crippen LogP contribution in [0.5, 0.6) is 0 Å². The van der Waals surface area contributed by atoms with E-state index in [1.807, 2.05) is 24.3 Å². The molecule has 1 aromatic heterocycles. The molecule has 1 aromatic carbocycles. The standard InChI is InChI=1S/C13H13N3O2/c17-13(18)11-5-3-10(4-6-11)7-9-14-12-2-1-8-15-16-12/h1-6,8H,7,9H2,(H,14,16)(H,17,18). The van der Waals surface area contributed by atoms with Crippen LogP contribution in [-0.2, 0) is 6.42 Å². The van der Waals surface area contributed by atoms with Gasteiger partial charge in [0.25, 0.3) is 0 Å². The molecule has 0 fully saturated rings. The lowest BCUT2D eigenvalue weighted by Gasteiger charge is -2.04. The minimum atomic E-state index is -0.903. The van der Waals surface area contributed by atoms with Crippen LogP contribution in [0.4, 0.5) is 5.82 Å². The molecule has 0 saturated heterocycles. The van der Waals surface area contributed by atoms with Crippen LogP contribution in [0.15, 0.2) is 42.6 Å². The molecule has 5 nitrogen and oxygen atoms in total. The molecule has 92 valence electrons. The van der Waals surface area contributed by atoms with Crippen molar-refractivity contribution in [2.24, 2.45) is 0 Å². The third kappa shape index (κ3) is 3.28. The summed E-state index contributed by atoms with van der Waals surface area (Å²) in [4.78, 5) is 10.7. The Morgan fingerprint density at radius 2 is 2.00 bits per heavy atom. The highest BCUT2D eigenvalue weighted by Crippen LogP contribution is 2.06. The van der Waals surface area contributed by atoms with Crippen LogP contribution < -0.4 is 5.32 Å². The van der Waals surface area contributed by atoms with Crippen LogP contribution in [0.25, 0.3) is 0 Å². The van der Waals surface area contributed by atoms with Crippen molar-refractivity contribution in [1.82, 2.24) is 10.2 Å². The van der Waals surface area contributed by atoms with Crippen molar-refractivity contribution in [2.45, 2.75) is 6.42 Å². The highest BCUT2D eigenvalue weighted by atomic mass is 16.4. The van der Waals surface area contributed by atoms with Crippen molar-refractivity contribution in [3.8, 4) is 0 Å². The van der Waals surface area contributed by atoms with Gasteiger partial charge < -0.3 is 10.4 Å². The normalized spacial score (nSPS) is 10.0. The molecular weight excluding hydrogens is 230 g/mol. The lowest BCUT2D eigenvalue weighted by Crippen LogP contribution is -2.06. The Labute approximate surface area is 104 Å². The Hall–Kier alpha value is -2.43. The zero-order chi connectivity index (χ0) is 12.8. The zero-order valence-electron chi connectivity index (χ0n) is 9.71. The Bertz CT molecular complexity index is 512. The smallest absolute Gasteiger partial charge is 0.335 e. The van der Waals surface area contributed by atoms with Crippen LogP contribution in [-0.4, -0.2) is 27.8 Å². The number of rotatable bonds is 5. The number of carboxylic acid groups (broad SMARTS) is 1. The number of carbonyl (C=O) groups is 1. The van der Waals surface area contributed by atoms with Gasteiger partial charge in [-0.15, -0.1) is 5.10 Å². The molecule has 18 heavy (non-hydrogen) atoms. The fourth-order valence-electron chi connectivity index (χ4n) is 1.54. The number of nitrogens with zero attached hydrogens (tertiary/aromatic N) is 2. The second-order valence-corrected chi connectivity index (χ2v) is 3.79. The van der Waals surface area contributed by atoms with Gasteiger partial charge >= 0.3 is 5.97 Å². The lowest BCUT2D eigenvalue weighted by atomic mass is 10.1. The van der Waals surface area contributed by atoms with Crippen LogP contribution in [0, 0.1) is 0 Å². The first-order chi connectivity index (χ1) is 8.75. The van der Waals surface area contributed by atoms with E-state index in [-0.39, 0.29) is 0 Å². The lowest BCUT2D eigenvalue weighted by molar-refractivity contribution is 0.0697. The molecule has 5 heteroatoms. The first kappa shape index (κ1) is 12.0. The minimum absolute atomic E-state index is 0.306. The van der Waals surface area contributed by atoms with Crippen molar-refractivity contribution >= 4 is 11.8 Å². The summed E-state index contributed by atoms with van der Waals surface area (Å²) in [5, 5.41) is 19.6. The highest BCUT2D eigenvalue weighted by molar-refractivity contribution is 5.87. The Kier molecular flexibility index (Phi) is 3.86. The molecule has 0 aliphatic carbocycles. The molecule has 0 unspecified atom stereocenters. The molecule has 0 saturated carbocycles. The molecule has 1 heterocycles. The predicted molar refractivity (Wildman–Crippen MR) is 67.6 cm³/mol. The molecule has 0 spiro atoms. The second kappa shape index (κ2) is 5.77. The molecule has 0 bridgehead atoms. The maximum absolute atomic E-state index is 10.7. The molecular formula is C13H13N3O2. The van der Waals surface area contributed by atoms with Crippen molar-refractivity contribution in [1.29, 1.82) is 0 Å². The van der Waals surface area contributed by atoms with Gasteiger partial charge in [-0.25, -0.2) is 4.79 Å². The van der Waals surface area contributed by atoms with Crippen LogP contribution >= 0.6 is 0 Å². The van der Waals surface area contributed by atoms with E-state index in [4.69, 9.17) is 5.11 Å². The molecule has 0 atom stereocenters. The van der Waals surface area contributed by atoms with Crippen molar-refractivity contribution in [2.75, 3.05) is 11.9 Å². The van der Waals surface area contributed by atoms with Crippen LogP contribution in [0.2, 0.25) is 0 Å². The van der Waals surface area contributed by atoms with Gasteiger partial charge in [-0.05, 0) is 36.2 Å². The van der Waals surface area contributed by atoms with Crippen LogP contribution in [0.1, 0.15) is 15.9 Å². The molecule has 0 aliphatic rings. The van der Waals surface area contributed by atoms with Gasteiger partial charge in [-0.1, -0.05) is 12.1 Å². The third-order valence-corrected chi connectivity index (χ3v) is 2.49. The molecule has 0 amide bonds. The number of anilines is 1. The third-order valence-electron chi connectivity index (χ3n) is 2.49. The first-order valence-electron chi connectivity index (χ1n) is 5.59. The number of hydrogen-bond acceptors (Lipinski definition) is 4.